The molecule has 10 heavy (non-hydrogen) atoms. The van der Waals surface area contributed by atoms with Gasteiger partial charge in [-0.25, -0.2) is 4.57 Å². The van der Waals surface area contributed by atoms with Gasteiger partial charge in [0.15, 0.2) is 0 Å². The third-order valence-corrected chi connectivity index (χ3v) is 0.341. The Morgan fingerprint density at radius 2 is 1.60 bits per heavy atom. The first-order valence-electron chi connectivity index (χ1n) is 2.43. The summed E-state index contributed by atoms with van der Waals surface area (Å²) in [5.74, 6) is 0. The first-order valence-corrected chi connectivity index (χ1v) is 4.00. The van der Waals surface area contributed by atoms with Crippen LogP contribution < -0.4 is 5.73 Å². The molecule has 6 N–H and O–H groups in total. The number of hydrogen-bond acceptors (Lipinski definition) is 3. The molecule has 0 radical (unpaired) electrons. The number of rotatable bonds is 1. The Balaban J connectivity index is 0. The van der Waals surface area contributed by atoms with Crippen LogP contribution in [0.5, 0.6) is 0 Å². The lowest BCUT2D eigenvalue weighted by Crippen LogP contribution is -2.14. The molecular formula is C3H12NO5P. The summed E-state index contributed by atoms with van der Waals surface area (Å²) >= 11 is 0. The van der Waals surface area contributed by atoms with Crippen molar-refractivity contribution in [2.24, 2.45) is 5.73 Å². The van der Waals surface area contributed by atoms with Crippen molar-refractivity contribution in [3.63, 3.8) is 0 Å². The highest BCUT2D eigenvalue weighted by molar-refractivity contribution is 7.45. The standard InChI is InChI=1S/C3H9NO.H3O4P/c1-3(5)2-4;1-5(2,3)4/h3,5H,2,4H2,1H3;(H3,1,2,3,4). The van der Waals surface area contributed by atoms with Crippen molar-refractivity contribution in [3.8, 4) is 0 Å². The van der Waals surface area contributed by atoms with Crippen molar-refractivity contribution in [2.75, 3.05) is 6.54 Å². The lowest BCUT2D eigenvalue weighted by Gasteiger charge is -1.91. The summed E-state index contributed by atoms with van der Waals surface area (Å²) in [5.41, 5.74) is 4.92. The molecular weight excluding hydrogens is 161 g/mol. The maximum absolute atomic E-state index is 8.88. The Morgan fingerprint density at radius 3 is 1.60 bits per heavy atom. The van der Waals surface area contributed by atoms with E-state index in [1.807, 2.05) is 0 Å². The van der Waals surface area contributed by atoms with Crippen molar-refractivity contribution in [1.29, 1.82) is 0 Å². The van der Waals surface area contributed by atoms with Gasteiger partial charge in [0, 0.05) is 6.54 Å². The Morgan fingerprint density at radius 1 is 1.50 bits per heavy atom. The van der Waals surface area contributed by atoms with E-state index in [-0.39, 0.29) is 6.10 Å². The molecule has 0 bridgehead atoms. The highest BCUT2D eigenvalue weighted by Gasteiger charge is 2.00. The first kappa shape index (κ1) is 12.7. The highest BCUT2D eigenvalue weighted by Crippen LogP contribution is 2.25. The fraction of sp³-hybridized carbons (Fsp3) is 1.00. The molecule has 0 spiro atoms. The van der Waals surface area contributed by atoms with Crippen molar-refractivity contribution in [1.82, 2.24) is 0 Å². The Labute approximate surface area is 58.5 Å². The third-order valence-electron chi connectivity index (χ3n) is 0.341. The van der Waals surface area contributed by atoms with Crippen LogP contribution in [-0.2, 0) is 4.57 Å². The van der Waals surface area contributed by atoms with Gasteiger partial charge in [0.25, 0.3) is 0 Å². The van der Waals surface area contributed by atoms with E-state index in [4.69, 9.17) is 30.1 Å². The maximum atomic E-state index is 8.88. The molecule has 6 nitrogen and oxygen atoms in total. The van der Waals surface area contributed by atoms with Crippen LogP contribution in [0.2, 0.25) is 0 Å². The Kier molecular flexibility index (Phi) is 7.34. The van der Waals surface area contributed by atoms with E-state index in [2.05, 4.69) is 0 Å². The van der Waals surface area contributed by atoms with Crippen molar-refractivity contribution < 1.29 is 24.4 Å². The molecule has 0 saturated carbocycles. The first-order chi connectivity index (χ1) is 4.27. The van der Waals surface area contributed by atoms with Gasteiger partial charge in [-0.3, -0.25) is 0 Å². The molecule has 7 heteroatoms. The lowest BCUT2D eigenvalue weighted by molar-refractivity contribution is 0.203. The fourth-order valence-electron chi connectivity index (χ4n) is 0. The van der Waals surface area contributed by atoms with Crippen LogP contribution in [0, 0.1) is 0 Å². The Hall–Kier alpha value is 0.0300. The van der Waals surface area contributed by atoms with Gasteiger partial charge in [-0.15, -0.1) is 0 Å². The van der Waals surface area contributed by atoms with E-state index >= 15 is 0 Å². The minimum Gasteiger partial charge on any atom is -0.392 e. The molecule has 64 valence electrons. The van der Waals surface area contributed by atoms with Gasteiger partial charge in [0.1, 0.15) is 0 Å². The normalized spacial score (nSPS) is 13.4. The number of nitrogens with two attached hydrogens (primary N) is 1. The topological polar surface area (TPSA) is 124 Å². The molecule has 0 aromatic carbocycles. The van der Waals surface area contributed by atoms with Gasteiger partial charge in [-0.1, -0.05) is 0 Å². The minimum atomic E-state index is -4.64. The quantitative estimate of drug-likeness (QED) is 0.304. The van der Waals surface area contributed by atoms with Crippen LogP contribution in [0.4, 0.5) is 0 Å². The zero-order valence-corrected chi connectivity index (χ0v) is 6.40. The molecule has 0 aliphatic carbocycles. The minimum absolute atomic E-state index is 0.338. The Bertz CT molecular complexity index is 101. The van der Waals surface area contributed by atoms with Gasteiger partial charge >= 0.3 is 7.82 Å². The second kappa shape index (κ2) is 5.79. The van der Waals surface area contributed by atoms with Gasteiger partial charge in [0.2, 0.25) is 0 Å². The van der Waals surface area contributed by atoms with Crippen LogP contribution in [0.3, 0.4) is 0 Å². The predicted octanol–water partition coefficient (Wildman–Crippen LogP) is -1.60. The molecule has 0 fully saturated rings. The number of phosphoric acid groups is 1. The zero-order chi connectivity index (χ0) is 8.78. The average Bonchev–Trinajstić information content (AvgIpc) is 1.61. The fourth-order valence-corrected chi connectivity index (χ4v) is 0. The van der Waals surface area contributed by atoms with E-state index in [0.717, 1.165) is 0 Å². The summed E-state index contributed by atoms with van der Waals surface area (Å²) in [5, 5.41) is 8.24. The summed E-state index contributed by atoms with van der Waals surface area (Å²) < 4.78 is 8.88. The molecule has 0 saturated heterocycles. The molecule has 0 rings (SSSR count). The smallest absolute Gasteiger partial charge is 0.392 e. The van der Waals surface area contributed by atoms with Crippen LogP contribution in [0.15, 0.2) is 0 Å². The van der Waals surface area contributed by atoms with E-state index in [1.165, 1.54) is 0 Å². The van der Waals surface area contributed by atoms with E-state index in [0.29, 0.717) is 6.54 Å². The maximum Gasteiger partial charge on any atom is 0.466 e. The predicted molar refractivity (Wildman–Crippen MR) is 35.0 cm³/mol. The zero-order valence-electron chi connectivity index (χ0n) is 5.51. The lowest BCUT2D eigenvalue weighted by atomic mass is 10.4. The second-order valence-electron chi connectivity index (χ2n) is 1.60. The monoisotopic (exact) mass is 173 g/mol. The summed E-state index contributed by atoms with van der Waals surface area (Å²) in [6, 6.07) is 0. The number of aliphatic hydroxyl groups excluding tert-OH is 1. The van der Waals surface area contributed by atoms with Crippen molar-refractivity contribution in [3.05, 3.63) is 0 Å². The van der Waals surface area contributed by atoms with E-state index < -0.39 is 7.82 Å². The summed E-state index contributed by atoms with van der Waals surface area (Å²) in [7, 11) is -4.64. The third kappa shape index (κ3) is 96.3. The highest BCUT2D eigenvalue weighted by atomic mass is 31.2. The van der Waals surface area contributed by atoms with Crippen molar-refractivity contribution in [2.45, 2.75) is 13.0 Å². The van der Waals surface area contributed by atoms with Gasteiger partial charge in [0.05, 0.1) is 6.10 Å². The summed E-state index contributed by atoms with van der Waals surface area (Å²) in [4.78, 5) is 21.6. The molecule has 0 aliphatic heterocycles. The van der Waals surface area contributed by atoms with Crippen LogP contribution >= 0.6 is 7.82 Å². The molecule has 0 aromatic rings. The van der Waals surface area contributed by atoms with Crippen LogP contribution in [0.1, 0.15) is 6.92 Å². The molecule has 0 aliphatic rings. The molecule has 0 aromatic heterocycles. The van der Waals surface area contributed by atoms with Crippen LogP contribution in [0.25, 0.3) is 0 Å². The van der Waals surface area contributed by atoms with E-state index in [1.54, 1.807) is 6.92 Å². The molecule has 0 heterocycles. The number of hydrogen-bond donors (Lipinski definition) is 5. The molecule has 1 unspecified atom stereocenters. The SMILES string of the molecule is CC(O)CN.O=P(O)(O)O. The summed E-state index contributed by atoms with van der Waals surface area (Å²) in [6.45, 7) is 2.01. The second-order valence-corrected chi connectivity index (χ2v) is 2.62. The van der Waals surface area contributed by atoms with E-state index in [9.17, 15) is 0 Å². The van der Waals surface area contributed by atoms with Crippen LogP contribution in [-0.4, -0.2) is 32.4 Å². The van der Waals surface area contributed by atoms with Gasteiger partial charge in [-0.05, 0) is 6.92 Å². The van der Waals surface area contributed by atoms with Crippen molar-refractivity contribution >= 4 is 7.82 Å². The summed E-state index contributed by atoms with van der Waals surface area (Å²) in [6.07, 6.45) is -0.338. The van der Waals surface area contributed by atoms with Gasteiger partial charge < -0.3 is 25.5 Å². The molecule has 1 atom stereocenters. The number of aliphatic hydroxyl groups is 1. The molecule has 0 amide bonds. The largest absolute Gasteiger partial charge is 0.466 e. The average molecular weight is 173 g/mol. The van der Waals surface area contributed by atoms with Gasteiger partial charge in [-0.2, -0.15) is 0 Å².